The minimum absolute atomic E-state index is 0.0633. The molecule has 6 heteroatoms. The summed E-state index contributed by atoms with van der Waals surface area (Å²) < 4.78 is 11.4. The number of carbonyl (C=O) groups excluding carboxylic acids is 1. The number of methoxy groups -OCH3 is 1. The fraction of sp³-hybridized carbons (Fsp3) is 0.526. The summed E-state index contributed by atoms with van der Waals surface area (Å²) in [6.07, 6.45) is 4.33. The Morgan fingerprint density at radius 3 is 2.76 bits per heavy atom. The van der Waals surface area contributed by atoms with E-state index in [1.54, 1.807) is 7.11 Å². The normalized spacial score (nSPS) is 16.3. The van der Waals surface area contributed by atoms with Crippen molar-refractivity contribution in [2.24, 2.45) is 0 Å². The SMILES string of the molecule is COc1cc(CCC(=O)NCCO)cc2cc(C3(O)CCCC3)oc12. The Labute approximate surface area is 146 Å². The van der Waals surface area contributed by atoms with Crippen molar-refractivity contribution in [3.63, 3.8) is 0 Å². The maximum Gasteiger partial charge on any atom is 0.220 e. The summed E-state index contributed by atoms with van der Waals surface area (Å²) in [5.74, 6) is 1.11. The van der Waals surface area contributed by atoms with Crippen molar-refractivity contribution in [2.45, 2.75) is 44.1 Å². The van der Waals surface area contributed by atoms with Crippen LogP contribution in [0.1, 0.15) is 43.4 Å². The van der Waals surface area contributed by atoms with Crippen LogP contribution in [0.2, 0.25) is 0 Å². The minimum Gasteiger partial charge on any atom is -0.493 e. The molecule has 6 nitrogen and oxygen atoms in total. The molecule has 25 heavy (non-hydrogen) atoms. The molecule has 0 unspecified atom stereocenters. The van der Waals surface area contributed by atoms with E-state index in [4.69, 9.17) is 14.3 Å². The first kappa shape index (κ1) is 17.8. The van der Waals surface area contributed by atoms with Gasteiger partial charge in [0.2, 0.25) is 5.91 Å². The van der Waals surface area contributed by atoms with Gasteiger partial charge in [0.15, 0.2) is 11.3 Å². The summed E-state index contributed by atoms with van der Waals surface area (Å²) in [6, 6.07) is 5.73. The number of amides is 1. The van der Waals surface area contributed by atoms with Gasteiger partial charge >= 0.3 is 0 Å². The fourth-order valence-electron chi connectivity index (χ4n) is 3.45. The van der Waals surface area contributed by atoms with E-state index in [1.165, 1.54) is 0 Å². The zero-order valence-corrected chi connectivity index (χ0v) is 14.5. The molecule has 3 N–H and O–H groups in total. The van der Waals surface area contributed by atoms with Crippen molar-refractivity contribution < 1.29 is 24.2 Å². The summed E-state index contributed by atoms with van der Waals surface area (Å²) in [4.78, 5) is 11.7. The zero-order chi connectivity index (χ0) is 17.9. The highest BCUT2D eigenvalue weighted by molar-refractivity contribution is 5.85. The monoisotopic (exact) mass is 347 g/mol. The molecule has 1 aliphatic carbocycles. The Kier molecular flexibility index (Phi) is 5.30. The molecular weight excluding hydrogens is 322 g/mol. The molecule has 1 heterocycles. The standard InChI is InChI=1S/C19H25NO5/c1-24-15-11-13(4-5-17(22)20-8-9-21)10-14-12-16(25-18(14)15)19(23)6-2-3-7-19/h10-12,21,23H,2-9H2,1H3,(H,20,22). The zero-order valence-electron chi connectivity index (χ0n) is 14.5. The van der Waals surface area contributed by atoms with Gasteiger partial charge in [0, 0.05) is 18.4 Å². The van der Waals surface area contributed by atoms with Gasteiger partial charge in [0.25, 0.3) is 0 Å². The van der Waals surface area contributed by atoms with Gasteiger partial charge in [-0.2, -0.15) is 0 Å². The number of aliphatic hydroxyl groups is 2. The molecule has 1 saturated carbocycles. The second-order valence-electron chi connectivity index (χ2n) is 6.64. The predicted molar refractivity (Wildman–Crippen MR) is 93.5 cm³/mol. The van der Waals surface area contributed by atoms with Crippen molar-refractivity contribution in [2.75, 3.05) is 20.3 Å². The van der Waals surface area contributed by atoms with Crippen LogP contribution in [0.25, 0.3) is 11.0 Å². The minimum atomic E-state index is -0.881. The van der Waals surface area contributed by atoms with Gasteiger partial charge in [0.05, 0.1) is 13.7 Å². The molecule has 1 amide bonds. The number of rotatable bonds is 7. The van der Waals surface area contributed by atoms with Crippen molar-refractivity contribution in [3.8, 4) is 5.75 Å². The van der Waals surface area contributed by atoms with Crippen LogP contribution in [0.5, 0.6) is 5.75 Å². The van der Waals surface area contributed by atoms with Crippen LogP contribution in [0.15, 0.2) is 22.6 Å². The van der Waals surface area contributed by atoms with E-state index in [9.17, 15) is 9.90 Å². The first-order valence-corrected chi connectivity index (χ1v) is 8.76. The van der Waals surface area contributed by atoms with Gasteiger partial charge in [0.1, 0.15) is 11.4 Å². The Morgan fingerprint density at radius 1 is 1.32 bits per heavy atom. The Hall–Kier alpha value is -2.05. The molecule has 1 aromatic heterocycles. The second-order valence-corrected chi connectivity index (χ2v) is 6.64. The molecule has 0 saturated heterocycles. The Balaban J connectivity index is 1.82. The molecule has 0 spiro atoms. The molecule has 0 radical (unpaired) electrons. The molecule has 1 aliphatic rings. The van der Waals surface area contributed by atoms with Gasteiger partial charge in [-0.25, -0.2) is 0 Å². The maximum atomic E-state index is 11.7. The summed E-state index contributed by atoms with van der Waals surface area (Å²) >= 11 is 0. The van der Waals surface area contributed by atoms with Gasteiger partial charge in [-0.1, -0.05) is 0 Å². The number of furan rings is 1. The predicted octanol–water partition coefficient (Wildman–Crippen LogP) is 2.24. The Morgan fingerprint density at radius 2 is 2.08 bits per heavy atom. The maximum absolute atomic E-state index is 11.7. The van der Waals surface area contributed by atoms with Gasteiger partial charge in [-0.05, 0) is 55.9 Å². The number of fused-ring (bicyclic) bond motifs is 1. The van der Waals surface area contributed by atoms with Crippen molar-refractivity contribution >= 4 is 16.9 Å². The molecule has 1 aromatic carbocycles. The van der Waals surface area contributed by atoms with E-state index in [0.29, 0.717) is 42.8 Å². The van der Waals surface area contributed by atoms with Gasteiger partial charge < -0.3 is 24.7 Å². The lowest BCUT2D eigenvalue weighted by Crippen LogP contribution is -2.26. The third-order valence-electron chi connectivity index (χ3n) is 4.83. The van der Waals surface area contributed by atoms with Crippen LogP contribution in [-0.4, -0.2) is 36.4 Å². The number of hydrogen-bond acceptors (Lipinski definition) is 5. The quantitative estimate of drug-likeness (QED) is 0.714. The Bertz CT molecular complexity index is 746. The van der Waals surface area contributed by atoms with Gasteiger partial charge in [-0.15, -0.1) is 0 Å². The number of ether oxygens (including phenoxy) is 1. The smallest absolute Gasteiger partial charge is 0.220 e. The molecule has 136 valence electrons. The van der Waals surface area contributed by atoms with Crippen LogP contribution >= 0.6 is 0 Å². The number of aliphatic hydroxyl groups excluding tert-OH is 1. The van der Waals surface area contributed by atoms with Crippen LogP contribution in [-0.2, 0) is 16.8 Å². The lowest BCUT2D eigenvalue weighted by Gasteiger charge is -2.18. The first-order valence-electron chi connectivity index (χ1n) is 8.76. The van der Waals surface area contributed by atoms with Crippen LogP contribution < -0.4 is 10.1 Å². The third-order valence-corrected chi connectivity index (χ3v) is 4.83. The highest BCUT2D eigenvalue weighted by Gasteiger charge is 2.36. The number of benzene rings is 1. The van der Waals surface area contributed by atoms with E-state index in [1.807, 2.05) is 18.2 Å². The van der Waals surface area contributed by atoms with E-state index in [2.05, 4.69) is 5.32 Å². The second kappa shape index (κ2) is 7.45. The van der Waals surface area contributed by atoms with Crippen LogP contribution in [0, 0.1) is 0 Å². The number of nitrogens with one attached hydrogen (secondary N) is 1. The van der Waals surface area contributed by atoms with Gasteiger partial charge in [-0.3, -0.25) is 4.79 Å². The third kappa shape index (κ3) is 3.80. The van der Waals surface area contributed by atoms with E-state index >= 15 is 0 Å². The topological polar surface area (TPSA) is 91.9 Å². The van der Waals surface area contributed by atoms with Crippen LogP contribution in [0.4, 0.5) is 0 Å². The summed E-state index contributed by atoms with van der Waals surface area (Å²) in [7, 11) is 1.58. The number of hydrogen-bond donors (Lipinski definition) is 3. The van der Waals surface area contributed by atoms with E-state index in [-0.39, 0.29) is 19.1 Å². The summed E-state index contributed by atoms with van der Waals surface area (Å²) in [5, 5.41) is 23.0. The van der Waals surface area contributed by atoms with Crippen molar-refractivity contribution in [3.05, 3.63) is 29.5 Å². The molecule has 3 rings (SSSR count). The lowest BCUT2D eigenvalue weighted by atomic mass is 9.98. The largest absolute Gasteiger partial charge is 0.493 e. The molecule has 0 bridgehead atoms. The highest BCUT2D eigenvalue weighted by atomic mass is 16.5. The van der Waals surface area contributed by atoms with Crippen LogP contribution in [0.3, 0.4) is 0 Å². The van der Waals surface area contributed by atoms with E-state index in [0.717, 1.165) is 23.8 Å². The first-order chi connectivity index (χ1) is 12.1. The molecule has 0 aliphatic heterocycles. The molecule has 2 aromatic rings. The summed E-state index contributed by atoms with van der Waals surface area (Å²) in [6.45, 7) is 0.205. The molecule has 0 atom stereocenters. The molecule has 1 fully saturated rings. The molecular formula is C19H25NO5. The highest BCUT2D eigenvalue weighted by Crippen LogP contribution is 2.42. The average Bonchev–Trinajstić information content (AvgIpc) is 3.24. The number of aryl methyl sites for hydroxylation is 1. The van der Waals surface area contributed by atoms with Crippen molar-refractivity contribution in [1.29, 1.82) is 0 Å². The average molecular weight is 347 g/mol. The lowest BCUT2D eigenvalue weighted by molar-refractivity contribution is -0.121. The summed E-state index contributed by atoms with van der Waals surface area (Å²) in [5.41, 5.74) is 0.717. The van der Waals surface area contributed by atoms with Crippen molar-refractivity contribution in [1.82, 2.24) is 5.32 Å². The fourth-order valence-corrected chi connectivity index (χ4v) is 3.45. The number of carbonyl (C=O) groups is 1. The van der Waals surface area contributed by atoms with E-state index < -0.39 is 5.60 Å².